The Morgan fingerprint density at radius 3 is 1.45 bits per heavy atom. The van der Waals surface area contributed by atoms with Crippen LogP contribution in [0.2, 0.25) is 0 Å². The number of halogens is 1. The van der Waals surface area contributed by atoms with Crippen LogP contribution in [0.3, 0.4) is 0 Å². The lowest BCUT2D eigenvalue weighted by molar-refractivity contribution is 0.491. The van der Waals surface area contributed by atoms with Crippen molar-refractivity contribution in [1.82, 2.24) is 9.13 Å². The lowest BCUT2D eigenvalue weighted by Gasteiger charge is -2.19. The van der Waals surface area contributed by atoms with Gasteiger partial charge in [-0.2, -0.15) is 0 Å². The molecule has 0 saturated heterocycles. The molecule has 2 aromatic heterocycles. The summed E-state index contributed by atoms with van der Waals surface area (Å²) in [5.74, 6) is 0.623. The van der Waals surface area contributed by atoms with Gasteiger partial charge in [-0.05, 0) is 43.5 Å². The Morgan fingerprint density at radius 1 is 0.545 bits per heavy atom. The average molecular weight is 451 g/mol. The van der Waals surface area contributed by atoms with Crippen LogP contribution in [-0.2, 0) is 6.54 Å². The van der Waals surface area contributed by atoms with E-state index in [1.54, 1.807) is 0 Å². The minimum Gasteiger partial charge on any atom is -0.340 e. The smallest absolute Gasteiger partial charge is 0.0494 e. The number of aryl methyl sites for hydroxylation is 1. The van der Waals surface area contributed by atoms with E-state index < -0.39 is 0 Å². The number of para-hydroxylation sites is 4. The van der Waals surface area contributed by atoms with Crippen molar-refractivity contribution >= 4 is 55.2 Å². The molecule has 0 aliphatic rings. The van der Waals surface area contributed by atoms with Crippen LogP contribution in [0.4, 0.5) is 0 Å². The maximum atomic E-state index is 6.57. The summed E-state index contributed by atoms with van der Waals surface area (Å²) in [6.07, 6.45) is 3.34. The molecule has 0 bridgehead atoms. The van der Waals surface area contributed by atoms with Gasteiger partial charge in [0.25, 0.3) is 0 Å². The standard InChI is InChI=1S/C30H27ClN2/c31-21-22(33-29-18-7-3-14-25(29)26-15-4-8-19-30(26)33)11-9-10-20-32-27-16-5-1-12-23(27)24-13-2-6-17-28(24)32/h1-8,12-19,22H,9-11,20-21H2. The van der Waals surface area contributed by atoms with Crippen LogP contribution in [0.1, 0.15) is 25.3 Å². The summed E-state index contributed by atoms with van der Waals surface area (Å²) in [7, 11) is 0. The third-order valence-electron chi connectivity index (χ3n) is 7.01. The fraction of sp³-hybridized carbons (Fsp3) is 0.200. The van der Waals surface area contributed by atoms with Gasteiger partial charge in [-0.3, -0.25) is 0 Å². The number of hydrogen-bond acceptors (Lipinski definition) is 0. The molecule has 6 aromatic rings. The first-order chi connectivity index (χ1) is 16.4. The maximum absolute atomic E-state index is 6.57. The molecule has 3 heteroatoms. The second kappa shape index (κ2) is 8.61. The van der Waals surface area contributed by atoms with Crippen LogP contribution in [0.25, 0.3) is 43.6 Å². The van der Waals surface area contributed by atoms with Gasteiger partial charge in [0, 0.05) is 62.1 Å². The molecule has 33 heavy (non-hydrogen) atoms. The molecule has 0 N–H and O–H groups in total. The minimum atomic E-state index is 0.287. The lowest BCUT2D eigenvalue weighted by Crippen LogP contribution is -2.11. The van der Waals surface area contributed by atoms with Crippen molar-refractivity contribution in [1.29, 1.82) is 0 Å². The van der Waals surface area contributed by atoms with Crippen molar-refractivity contribution in [2.45, 2.75) is 31.8 Å². The van der Waals surface area contributed by atoms with Gasteiger partial charge in [0.1, 0.15) is 0 Å². The van der Waals surface area contributed by atoms with Gasteiger partial charge < -0.3 is 9.13 Å². The number of alkyl halides is 1. The summed E-state index contributed by atoms with van der Waals surface area (Å²) in [5, 5.41) is 5.32. The molecule has 1 unspecified atom stereocenters. The molecule has 0 aliphatic heterocycles. The largest absolute Gasteiger partial charge is 0.340 e. The van der Waals surface area contributed by atoms with Crippen molar-refractivity contribution in [2.75, 3.05) is 5.88 Å². The Morgan fingerprint density at radius 2 is 0.970 bits per heavy atom. The lowest BCUT2D eigenvalue weighted by atomic mass is 10.1. The summed E-state index contributed by atoms with van der Waals surface area (Å²) >= 11 is 6.57. The van der Waals surface area contributed by atoms with Crippen LogP contribution in [-0.4, -0.2) is 15.0 Å². The molecule has 6 rings (SSSR count). The van der Waals surface area contributed by atoms with E-state index in [1.807, 2.05) is 0 Å². The summed E-state index contributed by atoms with van der Waals surface area (Å²) in [5.41, 5.74) is 5.23. The Hall–Kier alpha value is -3.23. The number of benzene rings is 4. The van der Waals surface area contributed by atoms with Crippen LogP contribution in [0, 0.1) is 0 Å². The number of unbranched alkanes of at least 4 members (excludes halogenated alkanes) is 1. The van der Waals surface area contributed by atoms with Crippen molar-refractivity contribution in [2.24, 2.45) is 0 Å². The molecule has 1 atom stereocenters. The Labute approximate surface area is 199 Å². The zero-order valence-corrected chi connectivity index (χ0v) is 19.4. The SMILES string of the molecule is ClCC(CCCCn1c2ccccc2c2ccccc21)n1c2ccccc2c2ccccc21. The van der Waals surface area contributed by atoms with E-state index in [0.29, 0.717) is 5.88 Å². The molecular weight excluding hydrogens is 424 g/mol. The molecule has 0 spiro atoms. The second-order valence-corrected chi connectivity index (χ2v) is 9.20. The van der Waals surface area contributed by atoms with E-state index in [0.717, 1.165) is 25.8 Å². The van der Waals surface area contributed by atoms with Crippen LogP contribution < -0.4 is 0 Å². The minimum absolute atomic E-state index is 0.287. The quantitative estimate of drug-likeness (QED) is 0.170. The Balaban J connectivity index is 1.26. The van der Waals surface area contributed by atoms with E-state index >= 15 is 0 Å². The van der Waals surface area contributed by atoms with E-state index in [4.69, 9.17) is 11.6 Å². The predicted octanol–water partition coefficient (Wildman–Crippen LogP) is 8.55. The highest BCUT2D eigenvalue weighted by molar-refractivity contribution is 6.18. The zero-order chi connectivity index (χ0) is 22.2. The molecular formula is C30H27ClN2. The second-order valence-electron chi connectivity index (χ2n) is 8.89. The molecule has 2 heterocycles. The van der Waals surface area contributed by atoms with Gasteiger partial charge in [-0.15, -0.1) is 11.6 Å². The van der Waals surface area contributed by atoms with Gasteiger partial charge in [0.05, 0.1) is 0 Å². The highest BCUT2D eigenvalue weighted by Gasteiger charge is 2.17. The van der Waals surface area contributed by atoms with Gasteiger partial charge in [-0.25, -0.2) is 0 Å². The number of aromatic nitrogens is 2. The fourth-order valence-corrected chi connectivity index (χ4v) is 5.81. The number of nitrogens with zero attached hydrogens (tertiary/aromatic N) is 2. The molecule has 0 amide bonds. The van der Waals surface area contributed by atoms with Crippen molar-refractivity contribution < 1.29 is 0 Å². The zero-order valence-electron chi connectivity index (χ0n) is 18.6. The topological polar surface area (TPSA) is 9.86 Å². The van der Waals surface area contributed by atoms with Crippen molar-refractivity contribution in [3.63, 3.8) is 0 Å². The molecule has 0 aliphatic carbocycles. The highest BCUT2D eigenvalue weighted by Crippen LogP contribution is 2.34. The van der Waals surface area contributed by atoms with E-state index in [2.05, 4.69) is 106 Å². The molecule has 164 valence electrons. The maximum Gasteiger partial charge on any atom is 0.0494 e. The van der Waals surface area contributed by atoms with Gasteiger partial charge in [0.2, 0.25) is 0 Å². The first-order valence-corrected chi connectivity index (χ1v) is 12.4. The summed E-state index contributed by atoms with van der Waals surface area (Å²) in [6.45, 7) is 1.02. The Kier molecular flexibility index (Phi) is 5.32. The van der Waals surface area contributed by atoms with Crippen molar-refractivity contribution in [3.05, 3.63) is 97.1 Å². The summed E-state index contributed by atoms with van der Waals surface area (Å²) in [4.78, 5) is 0. The van der Waals surface area contributed by atoms with Crippen LogP contribution in [0.15, 0.2) is 97.1 Å². The first-order valence-electron chi connectivity index (χ1n) is 11.9. The predicted molar refractivity (Wildman–Crippen MR) is 142 cm³/mol. The molecule has 0 saturated carbocycles. The van der Waals surface area contributed by atoms with Crippen molar-refractivity contribution in [3.8, 4) is 0 Å². The van der Waals surface area contributed by atoms with E-state index in [9.17, 15) is 0 Å². The molecule has 0 fully saturated rings. The van der Waals surface area contributed by atoms with Gasteiger partial charge in [-0.1, -0.05) is 72.8 Å². The number of rotatable bonds is 7. The van der Waals surface area contributed by atoms with Crippen LogP contribution in [0.5, 0.6) is 0 Å². The average Bonchev–Trinajstić information content (AvgIpc) is 3.38. The highest BCUT2D eigenvalue weighted by atomic mass is 35.5. The third kappa shape index (κ3) is 3.41. The molecule has 0 radical (unpaired) electrons. The molecule has 2 nitrogen and oxygen atoms in total. The Bertz CT molecular complexity index is 1470. The van der Waals surface area contributed by atoms with E-state index in [-0.39, 0.29) is 6.04 Å². The number of hydrogen-bond donors (Lipinski definition) is 0. The van der Waals surface area contributed by atoms with E-state index in [1.165, 1.54) is 43.6 Å². The summed E-state index contributed by atoms with van der Waals surface area (Å²) in [6, 6.07) is 35.2. The monoisotopic (exact) mass is 450 g/mol. The fourth-order valence-electron chi connectivity index (χ4n) is 5.52. The first kappa shape index (κ1) is 20.4. The third-order valence-corrected chi connectivity index (χ3v) is 7.37. The summed E-state index contributed by atoms with van der Waals surface area (Å²) < 4.78 is 4.96. The van der Waals surface area contributed by atoms with Gasteiger partial charge in [0.15, 0.2) is 0 Å². The van der Waals surface area contributed by atoms with Crippen LogP contribution >= 0.6 is 11.6 Å². The molecule has 4 aromatic carbocycles. The number of fused-ring (bicyclic) bond motifs is 6. The van der Waals surface area contributed by atoms with Gasteiger partial charge >= 0.3 is 0 Å². The normalized spacial score (nSPS) is 12.9.